The van der Waals surface area contributed by atoms with Gasteiger partial charge in [-0.3, -0.25) is 0 Å². The van der Waals surface area contributed by atoms with Gasteiger partial charge in [0.15, 0.2) is 0 Å². The summed E-state index contributed by atoms with van der Waals surface area (Å²) in [6.07, 6.45) is 0.364. The molecule has 0 aromatic heterocycles. The van der Waals surface area contributed by atoms with E-state index in [1.54, 1.807) is 13.0 Å². The average molecular weight is 201 g/mol. The first kappa shape index (κ1) is 10.5. The summed E-state index contributed by atoms with van der Waals surface area (Å²) in [5.41, 5.74) is -0.242. The van der Waals surface area contributed by atoms with E-state index in [9.17, 15) is 5.11 Å². The summed E-state index contributed by atoms with van der Waals surface area (Å²) in [6.45, 7) is 1.31. The number of hydrogen-bond acceptors (Lipinski definition) is 2. The highest BCUT2D eigenvalue weighted by Crippen LogP contribution is 2.20. The fourth-order valence-electron chi connectivity index (χ4n) is 1.11. The van der Waals surface area contributed by atoms with Gasteiger partial charge in [0.1, 0.15) is 0 Å². The Hall–Kier alpha value is -0.570. The van der Waals surface area contributed by atoms with E-state index in [0.29, 0.717) is 11.4 Å². The minimum absolute atomic E-state index is 0.266. The molecule has 0 bridgehead atoms. The lowest BCUT2D eigenvalue weighted by molar-refractivity contribution is 0.00233. The highest BCUT2D eigenvalue weighted by atomic mass is 35.5. The fourth-order valence-corrected chi connectivity index (χ4v) is 1.31. The van der Waals surface area contributed by atoms with Gasteiger partial charge in [0.05, 0.1) is 12.2 Å². The molecule has 0 aliphatic rings. The molecule has 3 heteroatoms. The molecule has 13 heavy (non-hydrogen) atoms. The first-order valence-corrected chi connectivity index (χ1v) is 4.49. The summed E-state index contributed by atoms with van der Waals surface area (Å²) in [7, 11) is 0. The number of rotatable bonds is 3. The monoisotopic (exact) mass is 200 g/mol. The second kappa shape index (κ2) is 4.09. The summed E-state index contributed by atoms with van der Waals surface area (Å²) in [4.78, 5) is 0. The molecule has 0 spiro atoms. The Kier molecular flexibility index (Phi) is 3.31. The Bertz CT molecular complexity index is 284. The van der Waals surface area contributed by atoms with Gasteiger partial charge >= 0.3 is 0 Å². The Labute approximate surface area is 82.8 Å². The standard InChI is InChI=1S/C10H13ClO2/c1-10(13,7-12)6-8-4-2-3-5-9(8)11/h2-5,12-13H,6-7H2,1H3. The Morgan fingerprint density at radius 3 is 2.54 bits per heavy atom. The third-order valence-electron chi connectivity index (χ3n) is 1.87. The molecule has 0 amide bonds. The first-order chi connectivity index (χ1) is 6.05. The Morgan fingerprint density at radius 2 is 2.00 bits per heavy atom. The number of hydrogen-bond donors (Lipinski definition) is 2. The van der Waals surface area contributed by atoms with E-state index in [1.165, 1.54) is 0 Å². The van der Waals surface area contributed by atoms with Gasteiger partial charge in [-0.15, -0.1) is 0 Å². The number of benzene rings is 1. The predicted octanol–water partition coefficient (Wildman–Crippen LogP) is 1.63. The van der Waals surface area contributed by atoms with Gasteiger partial charge in [0, 0.05) is 11.4 Å². The summed E-state index contributed by atoms with van der Waals surface area (Å²) in [6, 6.07) is 7.30. The van der Waals surface area contributed by atoms with Crippen molar-refractivity contribution in [3.8, 4) is 0 Å². The molecule has 2 N–H and O–H groups in total. The van der Waals surface area contributed by atoms with Crippen LogP contribution in [0.2, 0.25) is 5.02 Å². The summed E-state index contributed by atoms with van der Waals surface area (Å²) in [5, 5.41) is 19.1. The van der Waals surface area contributed by atoms with Crippen LogP contribution in [0.25, 0.3) is 0 Å². The van der Waals surface area contributed by atoms with E-state index in [0.717, 1.165) is 5.56 Å². The summed E-state index contributed by atoms with van der Waals surface area (Å²) in [5.74, 6) is 0. The largest absolute Gasteiger partial charge is 0.393 e. The van der Waals surface area contributed by atoms with Crippen LogP contribution in [-0.4, -0.2) is 22.4 Å². The second-order valence-corrected chi connectivity index (χ2v) is 3.83. The molecule has 1 unspecified atom stereocenters. The van der Waals surface area contributed by atoms with Gasteiger partial charge in [-0.05, 0) is 18.6 Å². The maximum Gasteiger partial charge on any atom is 0.0890 e. The van der Waals surface area contributed by atoms with Gasteiger partial charge in [-0.2, -0.15) is 0 Å². The quantitative estimate of drug-likeness (QED) is 0.779. The minimum atomic E-state index is -1.09. The molecule has 1 rings (SSSR count). The lowest BCUT2D eigenvalue weighted by atomic mass is 9.98. The van der Waals surface area contributed by atoms with Crippen LogP contribution in [0.3, 0.4) is 0 Å². The molecule has 0 radical (unpaired) electrons. The topological polar surface area (TPSA) is 40.5 Å². The van der Waals surface area contributed by atoms with Crippen LogP contribution in [-0.2, 0) is 6.42 Å². The van der Waals surface area contributed by atoms with E-state index in [-0.39, 0.29) is 6.61 Å². The van der Waals surface area contributed by atoms with Crippen molar-refractivity contribution in [2.45, 2.75) is 18.9 Å². The van der Waals surface area contributed by atoms with E-state index >= 15 is 0 Å². The van der Waals surface area contributed by atoms with Crippen molar-refractivity contribution in [1.82, 2.24) is 0 Å². The normalized spacial score (nSPS) is 15.4. The lowest BCUT2D eigenvalue weighted by Gasteiger charge is -2.20. The molecule has 0 aliphatic heterocycles. The van der Waals surface area contributed by atoms with Crippen molar-refractivity contribution in [1.29, 1.82) is 0 Å². The van der Waals surface area contributed by atoms with Crippen molar-refractivity contribution >= 4 is 11.6 Å². The highest BCUT2D eigenvalue weighted by Gasteiger charge is 2.20. The van der Waals surface area contributed by atoms with Crippen molar-refractivity contribution < 1.29 is 10.2 Å². The smallest absolute Gasteiger partial charge is 0.0890 e. The predicted molar refractivity (Wildman–Crippen MR) is 52.9 cm³/mol. The van der Waals surface area contributed by atoms with Crippen LogP contribution in [0.4, 0.5) is 0 Å². The van der Waals surface area contributed by atoms with Gasteiger partial charge < -0.3 is 10.2 Å². The van der Waals surface area contributed by atoms with E-state index in [2.05, 4.69) is 0 Å². The van der Waals surface area contributed by atoms with Crippen LogP contribution >= 0.6 is 11.6 Å². The lowest BCUT2D eigenvalue weighted by Crippen LogP contribution is -2.31. The number of aliphatic hydroxyl groups excluding tert-OH is 1. The van der Waals surface area contributed by atoms with Crippen LogP contribution in [0.5, 0.6) is 0 Å². The Morgan fingerprint density at radius 1 is 1.38 bits per heavy atom. The van der Waals surface area contributed by atoms with Crippen LogP contribution in [0, 0.1) is 0 Å². The van der Waals surface area contributed by atoms with Gasteiger partial charge in [0.2, 0.25) is 0 Å². The molecular formula is C10H13ClO2. The van der Waals surface area contributed by atoms with Crippen LogP contribution in [0.1, 0.15) is 12.5 Å². The molecule has 72 valence electrons. The van der Waals surface area contributed by atoms with Crippen LogP contribution < -0.4 is 0 Å². The maximum atomic E-state index is 9.59. The molecule has 1 atom stereocenters. The third-order valence-corrected chi connectivity index (χ3v) is 2.24. The van der Waals surface area contributed by atoms with E-state index < -0.39 is 5.60 Å². The van der Waals surface area contributed by atoms with Crippen molar-refractivity contribution in [2.24, 2.45) is 0 Å². The minimum Gasteiger partial charge on any atom is -0.393 e. The van der Waals surface area contributed by atoms with Crippen LogP contribution in [0.15, 0.2) is 24.3 Å². The molecule has 1 aromatic carbocycles. The highest BCUT2D eigenvalue weighted by molar-refractivity contribution is 6.31. The SMILES string of the molecule is CC(O)(CO)Cc1ccccc1Cl. The maximum absolute atomic E-state index is 9.59. The zero-order chi connectivity index (χ0) is 9.90. The first-order valence-electron chi connectivity index (χ1n) is 4.12. The zero-order valence-corrected chi connectivity index (χ0v) is 8.25. The second-order valence-electron chi connectivity index (χ2n) is 3.42. The van der Waals surface area contributed by atoms with Crippen molar-refractivity contribution in [3.63, 3.8) is 0 Å². The molecular weight excluding hydrogens is 188 g/mol. The summed E-state index contributed by atoms with van der Waals surface area (Å²) >= 11 is 5.89. The van der Waals surface area contributed by atoms with Gasteiger partial charge in [-0.25, -0.2) is 0 Å². The number of aliphatic hydroxyl groups is 2. The zero-order valence-electron chi connectivity index (χ0n) is 7.50. The van der Waals surface area contributed by atoms with E-state index in [1.807, 2.05) is 18.2 Å². The van der Waals surface area contributed by atoms with Crippen molar-refractivity contribution in [2.75, 3.05) is 6.61 Å². The van der Waals surface area contributed by atoms with Gasteiger partial charge in [-0.1, -0.05) is 29.8 Å². The van der Waals surface area contributed by atoms with Gasteiger partial charge in [0.25, 0.3) is 0 Å². The molecule has 0 saturated carbocycles. The molecule has 1 aromatic rings. The molecule has 0 saturated heterocycles. The molecule has 0 heterocycles. The molecule has 2 nitrogen and oxygen atoms in total. The molecule has 0 aliphatic carbocycles. The third kappa shape index (κ3) is 2.99. The number of halogens is 1. The molecule has 0 fully saturated rings. The Balaban J connectivity index is 2.80. The summed E-state index contributed by atoms with van der Waals surface area (Å²) < 4.78 is 0. The fraction of sp³-hybridized carbons (Fsp3) is 0.400. The average Bonchev–Trinajstić information content (AvgIpc) is 2.09. The van der Waals surface area contributed by atoms with Crippen molar-refractivity contribution in [3.05, 3.63) is 34.9 Å². The van der Waals surface area contributed by atoms with E-state index in [4.69, 9.17) is 16.7 Å².